The molecule has 0 radical (unpaired) electrons. The van der Waals surface area contributed by atoms with Gasteiger partial charge in [-0.05, 0) is 39.3 Å². The summed E-state index contributed by atoms with van der Waals surface area (Å²) >= 11 is 1.30. The molecule has 29 heavy (non-hydrogen) atoms. The third-order valence-electron chi connectivity index (χ3n) is 4.44. The first-order chi connectivity index (χ1) is 13.5. The smallest absolute Gasteiger partial charge is 0.408 e. The highest BCUT2D eigenvalue weighted by molar-refractivity contribution is 8.16. The first kappa shape index (κ1) is 21.6. The lowest BCUT2D eigenvalue weighted by molar-refractivity contribution is -0.117. The Morgan fingerprint density at radius 2 is 1.97 bits per heavy atom. The summed E-state index contributed by atoms with van der Waals surface area (Å²) in [4.78, 5) is 30.1. The normalized spacial score (nSPS) is 24.4. The summed E-state index contributed by atoms with van der Waals surface area (Å²) in [6.45, 7) is 6.83. The average molecular weight is 440 g/mol. The van der Waals surface area contributed by atoms with E-state index in [-0.39, 0.29) is 29.3 Å². The molecular weight excluding hydrogens is 414 g/mol. The number of carbonyl (C=O) groups excluding carboxylic acids is 2. The van der Waals surface area contributed by atoms with Gasteiger partial charge in [0.2, 0.25) is 0 Å². The Morgan fingerprint density at radius 1 is 1.28 bits per heavy atom. The van der Waals surface area contributed by atoms with Crippen molar-refractivity contribution in [3.05, 3.63) is 29.8 Å². The molecule has 2 aliphatic heterocycles. The quantitative estimate of drug-likeness (QED) is 0.769. The van der Waals surface area contributed by atoms with Crippen molar-refractivity contribution < 1.29 is 22.7 Å². The van der Waals surface area contributed by atoms with Gasteiger partial charge in [0.25, 0.3) is 5.91 Å². The average Bonchev–Trinajstić information content (AvgIpc) is 3.03. The van der Waals surface area contributed by atoms with Crippen molar-refractivity contribution in [2.75, 3.05) is 23.0 Å². The van der Waals surface area contributed by atoms with Crippen LogP contribution in [0.15, 0.2) is 29.3 Å². The van der Waals surface area contributed by atoms with Crippen molar-refractivity contribution in [2.45, 2.75) is 44.6 Å². The summed E-state index contributed by atoms with van der Waals surface area (Å²) in [6.07, 6.45) is -0.691. The number of amides is 2. The van der Waals surface area contributed by atoms with E-state index in [4.69, 9.17) is 4.74 Å². The summed E-state index contributed by atoms with van der Waals surface area (Å²) in [6, 6.07) is 7.32. The number of para-hydroxylation sites is 1. The van der Waals surface area contributed by atoms with Crippen LogP contribution in [0.5, 0.6) is 0 Å². The summed E-state index contributed by atoms with van der Waals surface area (Å²) in [5.41, 5.74) is 1.13. The first-order valence-corrected chi connectivity index (χ1v) is 12.0. The molecule has 158 valence electrons. The van der Waals surface area contributed by atoms with E-state index in [1.165, 1.54) is 11.8 Å². The molecule has 0 aromatic heterocycles. The second-order valence-electron chi connectivity index (χ2n) is 8.10. The lowest BCUT2D eigenvalue weighted by Gasteiger charge is -2.26. The molecule has 2 amide bonds. The standard InChI is InChI=1S/C19H25N3O5S2/c1-12-7-5-6-8-13(12)22-14-10-29(25,26)11-15(14)28-17(22)21-16(23)9-20-18(24)27-19(2,3)4/h5-8,14-15H,9-11H2,1-4H3,(H,20,24)/t14-,15+/m0/s1. The van der Waals surface area contributed by atoms with Gasteiger partial charge >= 0.3 is 6.09 Å². The van der Waals surface area contributed by atoms with E-state index in [0.717, 1.165) is 11.3 Å². The number of anilines is 1. The molecule has 0 saturated carbocycles. The summed E-state index contributed by atoms with van der Waals surface area (Å²) in [5.74, 6) is -0.434. The van der Waals surface area contributed by atoms with Gasteiger partial charge in [-0.1, -0.05) is 30.0 Å². The highest BCUT2D eigenvalue weighted by Crippen LogP contribution is 2.41. The van der Waals surface area contributed by atoms with E-state index in [9.17, 15) is 18.0 Å². The summed E-state index contributed by atoms with van der Waals surface area (Å²) in [5, 5.41) is 2.68. The number of nitrogens with zero attached hydrogens (tertiary/aromatic N) is 2. The van der Waals surface area contributed by atoms with Crippen LogP contribution in [0.2, 0.25) is 0 Å². The number of aryl methyl sites for hydroxylation is 1. The Bertz CT molecular complexity index is 953. The maximum absolute atomic E-state index is 12.4. The highest BCUT2D eigenvalue weighted by Gasteiger charge is 2.49. The zero-order valence-electron chi connectivity index (χ0n) is 16.8. The minimum atomic E-state index is -3.13. The zero-order valence-corrected chi connectivity index (χ0v) is 18.5. The van der Waals surface area contributed by atoms with Gasteiger partial charge in [-0.2, -0.15) is 4.99 Å². The van der Waals surface area contributed by atoms with Crippen molar-refractivity contribution in [3.63, 3.8) is 0 Å². The number of carbonyl (C=O) groups is 2. The van der Waals surface area contributed by atoms with Crippen LogP contribution in [0.3, 0.4) is 0 Å². The summed E-state index contributed by atoms with van der Waals surface area (Å²) in [7, 11) is -3.13. The van der Waals surface area contributed by atoms with E-state index in [0.29, 0.717) is 5.17 Å². The molecule has 1 aromatic rings. The molecule has 0 aliphatic carbocycles. The minimum Gasteiger partial charge on any atom is -0.444 e. The van der Waals surface area contributed by atoms with Gasteiger partial charge in [0, 0.05) is 10.9 Å². The predicted molar refractivity (Wildman–Crippen MR) is 114 cm³/mol. The van der Waals surface area contributed by atoms with Crippen molar-refractivity contribution in [3.8, 4) is 0 Å². The number of nitrogens with one attached hydrogen (secondary N) is 1. The molecule has 0 spiro atoms. The Labute approximate surface area is 175 Å². The van der Waals surface area contributed by atoms with Gasteiger partial charge in [0.05, 0.1) is 17.5 Å². The Morgan fingerprint density at radius 3 is 2.62 bits per heavy atom. The molecule has 1 N–H and O–H groups in total. The van der Waals surface area contributed by atoms with Crippen LogP contribution in [0.25, 0.3) is 0 Å². The van der Waals surface area contributed by atoms with Gasteiger partial charge < -0.3 is 15.0 Å². The highest BCUT2D eigenvalue weighted by atomic mass is 32.2. The van der Waals surface area contributed by atoms with Gasteiger partial charge in [0.15, 0.2) is 15.0 Å². The fraction of sp³-hybridized carbons (Fsp3) is 0.526. The number of benzene rings is 1. The van der Waals surface area contributed by atoms with E-state index >= 15 is 0 Å². The number of rotatable bonds is 3. The first-order valence-electron chi connectivity index (χ1n) is 9.25. The number of sulfone groups is 1. The molecule has 2 aliphatic rings. The number of amidine groups is 1. The predicted octanol–water partition coefficient (Wildman–Crippen LogP) is 2.12. The lowest BCUT2D eigenvalue weighted by Crippen LogP contribution is -2.39. The number of ether oxygens (including phenoxy) is 1. The van der Waals surface area contributed by atoms with Crippen LogP contribution in [-0.4, -0.2) is 60.5 Å². The van der Waals surface area contributed by atoms with Gasteiger partial charge in [0.1, 0.15) is 12.1 Å². The molecular formula is C19H25N3O5S2. The second kappa shape index (κ2) is 7.98. The molecule has 1 aromatic carbocycles. The van der Waals surface area contributed by atoms with E-state index < -0.39 is 27.4 Å². The Hall–Kier alpha value is -2.07. The molecule has 0 bridgehead atoms. The molecule has 8 nitrogen and oxygen atoms in total. The van der Waals surface area contributed by atoms with Crippen molar-refractivity contribution in [1.29, 1.82) is 0 Å². The third kappa shape index (κ3) is 5.30. The van der Waals surface area contributed by atoms with Crippen LogP contribution in [0, 0.1) is 6.92 Å². The monoisotopic (exact) mass is 439 g/mol. The molecule has 2 atom stereocenters. The van der Waals surface area contributed by atoms with Crippen LogP contribution < -0.4 is 10.2 Å². The number of thioether (sulfide) groups is 1. The zero-order chi connectivity index (χ0) is 21.4. The summed E-state index contributed by atoms with van der Waals surface area (Å²) < 4.78 is 29.4. The molecule has 2 saturated heterocycles. The number of hydrogen-bond acceptors (Lipinski definition) is 6. The molecule has 2 heterocycles. The Kier molecular flexibility index (Phi) is 5.96. The topological polar surface area (TPSA) is 105 Å². The van der Waals surface area contributed by atoms with Gasteiger partial charge in [-0.3, -0.25) is 4.79 Å². The van der Waals surface area contributed by atoms with Crippen molar-refractivity contribution in [2.24, 2.45) is 4.99 Å². The van der Waals surface area contributed by atoms with Gasteiger partial charge in [-0.15, -0.1) is 0 Å². The fourth-order valence-corrected chi connectivity index (χ4v) is 7.21. The van der Waals surface area contributed by atoms with E-state index in [2.05, 4.69) is 10.3 Å². The Balaban J connectivity index is 1.79. The molecule has 0 unspecified atom stereocenters. The largest absolute Gasteiger partial charge is 0.444 e. The van der Waals surface area contributed by atoms with Crippen LogP contribution in [-0.2, 0) is 19.4 Å². The van der Waals surface area contributed by atoms with Crippen LogP contribution >= 0.6 is 11.8 Å². The minimum absolute atomic E-state index is 0.0301. The van der Waals surface area contributed by atoms with Crippen molar-refractivity contribution in [1.82, 2.24) is 5.32 Å². The number of alkyl carbamates (subject to hydrolysis) is 1. The van der Waals surface area contributed by atoms with E-state index in [1.54, 1.807) is 20.8 Å². The number of fused-ring (bicyclic) bond motifs is 1. The fourth-order valence-electron chi connectivity index (χ4n) is 3.29. The molecule has 10 heteroatoms. The number of aliphatic imine (C=N–C) groups is 1. The molecule has 2 fully saturated rings. The third-order valence-corrected chi connectivity index (χ3v) is 7.65. The molecule has 3 rings (SSSR count). The second-order valence-corrected chi connectivity index (χ2v) is 11.5. The van der Waals surface area contributed by atoms with Crippen LogP contribution in [0.4, 0.5) is 10.5 Å². The SMILES string of the molecule is Cc1ccccc1N1C(=NC(=O)CNC(=O)OC(C)(C)C)S[C@@H]2CS(=O)(=O)C[C@@H]21. The maximum Gasteiger partial charge on any atom is 0.408 e. The number of hydrogen-bond donors (Lipinski definition) is 1. The lowest BCUT2D eigenvalue weighted by atomic mass is 10.1. The van der Waals surface area contributed by atoms with E-state index in [1.807, 2.05) is 36.1 Å². The maximum atomic E-state index is 12.4. The van der Waals surface area contributed by atoms with Crippen molar-refractivity contribution >= 4 is 44.5 Å². The van der Waals surface area contributed by atoms with Crippen LogP contribution in [0.1, 0.15) is 26.3 Å². The van der Waals surface area contributed by atoms with Gasteiger partial charge in [-0.25, -0.2) is 13.2 Å².